The van der Waals surface area contributed by atoms with Gasteiger partial charge in [0.1, 0.15) is 22.1 Å². The van der Waals surface area contributed by atoms with E-state index in [1.165, 1.54) is 12.1 Å². The fourth-order valence-corrected chi connectivity index (χ4v) is 1.99. The lowest BCUT2D eigenvalue weighted by Gasteiger charge is -2.08. The minimum atomic E-state index is -0.206. The van der Waals surface area contributed by atoms with Gasteiger partial charge in [0.2, 0.25) is 0 Å². The summed E-state index contributed by atoms with van der Waals surface area (Å²) < 4.78 is 13.3. The normalized spacial score (nSPS) is 10.4. The summed E-state index contributed by atoms with van der Waals surface area (Å²) in [6.07, 6.45) is 1.64. The van der Waals surface area contributed by atoms with Crippen LogP contribution in [0.3, 0.4) is 0 Å². The molecule has 5 heteroatoms. The smallest absolute Gasteiger partial charge is 0.131 e. The summed E-state index contributed by atoms with van der Waals surface area (Å²) in [6, 6.07) is 8.35. The van der Waals surface area contributed by atoms with Crippen LogP contribution in [0.2, 0.25) is 0 Å². The summed E-state index contributed by atoms with van der Waals surface area (Å²) in [4.78, 5) is 7.39. The number of nitrogens with one attached hydrogen (secondary N) is 2. The van der Waals surface area contributed by atoms with E-state index in [1.54, 1.807) is 18.2 Å². The van der Waals surface area contributed by atoms with Crippen molar-refractivity contribution >= 4 is 18.0 Å². The fraction of sp³-hybridized carbons (Fsp3) is 0.286. The topological polar surface area (TPSA) is 40.7 Å². The van der Waals surface area contributed by atoms with Crippen LogP contribution in [0.1, 0.15) is 18.3 Å². The average molecular weight is 277 g/mol. The Kier molecular flexibility index (Phi) is 4.63. The van der Waals surface area contributed by atoms with Crippen molar-refractivity contribution in [3.63, 3.8) is 0 Å². The highest BCUT2D eigenvalue weighted by Gasteiger charge is 1.98. The SMILES string of the molecule is CCc1nc(=S)cc(NCCc2ccc(F)cc2)[nH]1. The van der Waals surface area contributed by atoms with E-state index in [0.717, 1.165) is 36.6 Å². The van der Waals surface area contributed by atoms with Crippen LogP contribution in [-0.2, 0) is 12.8 Å². The van der Waals surface area contributed by atoms with Crippen molar-refractivity contribution in [1.29, 1.82) is 0 Å². The molecule has 19 heavy (non-hydrogen) atoms. The van der Waals surface area contributed by atoms with Gasteiger partial charge in [-0.15, -0.1) is 0 Å². The van der Waals surface area contributed by atoms with Crippen LogP contribution < -0.4 is 5.32 Å². The highest BCUT2D eigenvalue weighted by molar-refractivity contribution is 7.71. The van der Waals surface area contributed by atoms with Crippen LogP contribution in [0.15, 0.2) is 30.3 Å². The van der Waals surface area contributed by atoms with E-state index in [1.807, 2.05) is 6.92 Å². The maximum atomic E-state index is 12.8. The first kappa shape index (κ1) is 13.7. The van der Waals surface area contributed by atoms with Crippen molar-refractivity contribution in [2.24, 2.45) is 0 Å². The van der Waals surface area contributed by atoms with Gasteiger partial charge >= 0.3 is 0 Å². The molecule has 0 aliphatic rings. The Balaban J connectivity index is 1.93. The second-order valence-corrected chi connectivity index (χ2v) is 4.65. The summed E-state index contributed by atoms with van der Waals surface area (Å²) >= 11 is 5.10. The number of halogens is 1. The summed E-state index contributed by atoms with van der Waals surface area (Å²) in [5.74, 6) is 1.54. The molecular weight excluding hydrogens is 261 g/mol. The molecule has 0 fully saturated rings. The molecule has 1 heterocycles. The van der Waals surface area contributed by atoms with Gasteiger partial charge < -0.3 is 10.3 Å². The lowest BCUT2D eigenvalue weighted by Crippen LogP contribution is -2.08. The number of benzene rings is 1. The molecule has 2 rings (SSSR count). The average Bonchev–Trinajstić information content (AvgIpc) is 2.40. The molecule has 0 bridgehead atoms. The fourth-order valence-electron chi connectivity index (χ4n) is 1.76. The van der Waals surface area contributed by atoms with Crippen molar-refractivity contribution in [2.45, 2.75) is 19.8 Å². The third kappa shape index (κ3) is 4.13. The first-order valence-electron chi connectivity index (χ1n) is 6.26. The number of aromatic nitrogens is 2. The van der Waals surface area contributed by atoms with Gasteiger partial charge in [-0.25, -0.2) is 9.37 Å². The Morgan fingerprint density at radius 1 is 1.32 bits per heavy atom. The number of H-pyrrole nitrogens is 1. The monoisotopic (exact) mass is 277 g/mol. The third-order valence-electron chi connectivity index (χ3n) is 2.77. The predicted octanol–water partition coefficient (Wildman–Crippen LogP) is 3.50. The summed E-state index contributed by atoms with van der Waals surface area (Å²) in [5, 5.41) is 3.27. The number of aromatic amines is 1. The van der Waals surface area contributed by atoms with Gasteiger partial charge in [-0.3, -0.25) is 0 Å². The first-order chi connectivity index (χ1) is 9.17. The molecule has 0 atom stereocenters. The molecule has 1 aromatic carbocycles. The number of hydrogen-bond acceptors (Lipinski definition) is 3. The van der Waals surface area contributed by atoms with Gasteiger partial charge in [0.25, 0.3) is 0 Å². The van der Waals surface area contributed by atoms with E-state index < -0.39 is 0 Å². The molecule has 0 amide bonds. The minimum Gasteiger partial charge on any atom is -0.371 e. The molecule has 3 nitrogen and oxygen atoms in total. The quantitative estimate of drug-likeness (QED) is 0.822. The van der Waals surface area contributed by atoms with Gasteiger partial charge in [-0.2, -0.15) is 0 Å². The van der Waals surface area contributed by atoms with Gasteiger partial charge in [0.05, 0.1) is 0 Å². The summed E-state index contributed by atoms with van der Waals surface area (Å²) in [5.41, 5.74) is 1.09. The van der Waals surface area contributed by atoms with E-state index in [4.69, 9.17) is 12.2 Å². The molecule has 2 aromatic rings. The van der Waals surface area contributed by atoms with Gasteiger partial charge in [-0.1, -0.05) is 31.3 Å². The maximum absolute atomic E-state index is 12.8. The maximum Gasteiger partial charge on any atom is 0.131 e. The second-order valence-electron chi connectivity index (χ2n) is 4.24. The third-order valence-corrected chi connectivity index (χ3v) is 2.98. The first-order valence-corrected chi connectivity index (χ1v) is 6.67. The van der Waals surface area contributed by atoms with Crippen molar-refractivity contribution in [3.8, 4) is 0 Å². The van der Waals surface area contributed by atoms with Crippen molar-refractivity contribution < 1.29 is 4.39 Å². The van der Waals surface area contributed by atoms with Gasteiger partial charge in [0.15, 0.2) is 0 Å². The highest BCUT2D eigenvalue weighted by Crippen LogP contribution is 2.07. The molecule has 2 N–H and O–H groups in total. The van der Waals surface area contributed by atoms with E-state index >= 15 is 0 Å². The van der Waals surface area contributed by atoms with Crippen LogP contribution in [0.25, 0.3) is 0 Å². The van der Waals surface area contributed by atoms with Crippen LogP contribution in [-0.4, -0.2) is 16.5 Å². The van der Waals surface area contributed by atoms with Crippen LogP contribution >= 0.6 is 12.2 Å². The zero-order valence-corrected chi connectivity index (χ0v) is 11.6. The molecule has 100 valence electrons. The summed E-state index contributed by atoms with van der Waals surface area (Å²) in [7, 11) is 0. The van der Waals surface area contributed by atoms with E-state index in [9.17, 15) is 4.39 Å². The molecule has 0 aliphatic carbocycles. The van der Waals surface area contributed by atoms with Gasteiger partial charge in [-0.05, 0) is 24.1 Å². The van der Waals surface area contributed by atoms with Crippen molar-refractivity contribution in [2.75, 3.05) is 11.9 Å². The molecule has 0 saturated carbocycles. The van der Waals surface area contributed by atoms with Crippen molar-refractivity contribution in [3.05, 3.63) is 52.2 Å². The van der Waals surface area contributed by atoms with Crippen molar-refractivity contribution in [1.82, 2.24) is 9.97 Å². The zero-order chi connectivity index (χ0) is 13.7. The summed E-state index contributed by atoms with van der Waals surface area (Å²) in [6.45, 7) is 2.78. The molecular formula is C14H16FN3S. The second kappa shape index (κ2) is 6.43. The Bertz CT molecular complexity index is 592. The minimum absolute atomic E-state index is 0.206. The largest absolute Gasteiger partial charge is 0.371 e. The van der Waals surface area contributed by atoms with E-state index in [2.05, 4.69) is 15.3 Å². The highest BCUT2D eigenvalue weighted by atomic mass is 32.1. The van der Waals surface area contributed by atoms with Crippen LogP contribution in [0, 0.1) is 10.5 Å². The Morgan fingerprint density at radius 3 is 2.74 bits per heavy atom. The molecule has 1 aromatic heterocycles. The number of nitrogens with zero attached hydrogens (tertiary/aromatic N) is 1. The molecule has 0 spiro atoms. The molecule has 0 aliphatic heterocycles. The Morgan fingerprint density at radius 2 is 2.05 bits per heavy atom. The molecule has 0 radical (unpaired) electrons. The Labute approximate surface area is 116 Å². The molecule has 0 saturated heterocycles. The Hall–Kier alpha value is -1.75. The predicted molar refractivity (Wildman–Crippen MR) is 77.4 cm³/mol. The standard InChI is InChI=1S/C14H16FN3S/c1-2-12-17-13(9-14(19)18-12)16-8-7-10-3-5-11(15)6-4-10/h3-6,9H,2,7-8H2,1H3,(H2,16,17,18,19). The zero-order valence-electron chi connectivity index (χ0n) is 10.7. The van der Waals surface area contributed by atoms with E-state index in [0.29, 0.717) is 4.64 Å². The van der Waals surface area contributed by atoms with Crippen LogP contribution in [0.5, 0.6) is 0 Å². The van der Waals surface area contributed by atoms with Gasteiger partial charge in [0, 0.05) is 19.0 Å². The number of rotatable bonds is 5. The number of aryl methyl sites for hydroxylation is 1. The lowest BCUT2D eigenvalue weighted by molar-refractivity contribution is 0.627. The van der Waals surface area contributed by atoms with Crippen LogP contribution in [0.4, 0.5) is 10.2 Å². The van der Waals surface area contributed by atoms with E-state index in [-0.39, 0.29) is 5.82 Å². The lowest BCUT2D eigenvalue weighted by atomic mass is 10.1. The molecule has 0 unspecified atom stereocenters. The number of hydrogen-bond donors (Lipinski definition) is 2. The number of anilines is 1.